The maximum Gasteiger partial charge on any atom is 0.333 e. The Bertz CT molecular complexity index is 1660. The van der Waals surface area contributed by atoms with Crippen molar-refractivity contribution in [2.45, 2.75) is 31.2 Å². The van der Waals surface area contributed by atoms with E-state index in [0.29, 0.717) is 22.2 Å². The lowest BCUT2D eigenvalue weighted by Crippen LogP contribution is -2.37. The lowest BCUT2D eigenvalue weighted by atomic mass is 10.1. The molecule has 190 valence electrons. The van der Waals surface area contributed by atoms with E-state index < -0.39 is 27.4 Å². The van der Waals surface area contributed by atoms with E-state index in [0.717, 1.165) is 5.56 Å². The number of benzene rings is 2. The first-order chi connectivity index (χ1) is 17.5. The maximum absolute atomic E-state index is 13.0. The van der Waals surface area contributed by atoms with Crippen molar-refractivity contribution in [3.8, 4) is 6.07 Å². The van der Waals surface area contributed by atoms with Crippen LogP contribution in [0.25, 0.3) is 10.9 Å². The van der Waals surface area contributed by atoms with Gasteiger partial charge in [0.05, 0.1) is 28.8 Å². The minimum atomic E-state index is -3.98. The normalized spacial score (nSPS) is 11.6. The van der Waals surface area contributed by atoms with Crippen LogP contribution in [-0.4, -0.2) is 42.2 Å². The van der Waals surface area contributed by atoms with Crippen LogP contribution in [0.15, 0.2) is 59.8 Å². The van der Waals surface area contributed by atoms with Gasteiger partial charge in [-0.1, -0.05) is 6.07 Å². The Morgan fingerprint density at radius 3 is 2.49 bits per heavy atom. The van der Waals surface area contributed by atoms with Crippen LogP contribution in [0.2, 0.25) is 0 Å². The summed E-state index contributed by atoms with van der Waals surface area (Å²) < 4.78 is 34.7. The van der Waals surface area contributed by atoms with Crippen molar-refractivity contribution in [2.24, 2.45) is 0 Å². The lowest BCUT2D eigenvalue weighted by molar-refractivity contribution is -0.150. The van der Waals surface area contributed by atoms with Gasteiger partial charge >= 0.3 is 5.97 Å². The second kappa shape index (κ2) is 9.44. The highest BCUT2D eigenvalue weighted by molar-refractivity contribution is 7.92. The Balaban J connectivity index is 1.51. The first-order valence-electron chi connectivity index (χ1n) is 11.1. The summed E-state index contributed by atoms with van der Waals surface area (Å²) in [5.74, 6) is -0.785. The van der Waals surface area contributed by atoms with Crippen molar-refractivity contribution in [3.63, 3.8) is 0 Å². The molecule has 0 unspecified atom stereocenters. The highest BCUT2D eigenvalue weighted by Crippen LogP contribution is 2.30. The van der Waals surface area contributed by atoms with Crippen LogP contribution in [0.1, 0.15) is 35.3 Å². The summed E-state index contributed by atoms with van der Waals surface area (Å²) in [6.45, 7) is 5.10. The summed E-state index contributed by atoms with van der Waals surface area (Å²) in [4.78, 5) is 27.6. The number of rotatable bonds is 7. The fraction of sp³-hybridized carbons (Fsp3) is 0.200. The summed E-state index contributed by atoms with van der Waals surface area (Å²) >= 11 is 0. The molecular weight excluding hydrogens is 496 g/mol. The number of aromatic amines is 1. The van der Waals surface area contributed by atoms with Gasteiger partial charge in [0.15, 0.2) is 11.4 Å². The van der Waals surface area contributed by atoms with Crippen molar-refractivity contribution in [3.05, 3.63) is 71.5 Å². The third-order valence-electron chi connectivity index (χ3n) is 5.92. The number of methoxy groups -OCH3 is 1. The van der Waals surface area contributed by atoms with E-state index in [-0.39, 0.29) is 16.3 Å². The molecule has 2 heterocycles. The average molecular weight is 521 g/mol. The number of nitriles is 1. The number of hydrogen-bond donors (Lipinski definition) is 3. The predicted octanol–water partition coefficient (Wildman–Crippen LogP) is 3.51. The standard InChI is InChI=1S/C25H24N6O5S/c1-15-5-10-19(22-21(15)17(13-26)14-27-22)30-37(34,35)18-8-6-16(7-9-18)23(32)28-20-11-12-31(29-20)25(2,3)24(33)36-4/h5-12,14,27,30H,1-4H3,(H,28,29,32). The third-order valence-corrected chi connectivity index (χ3v) is 7.31. The second-order valence-electron chi connectivity index (χ2n) is 8.77. The van der Waals surface area contributed by atoms with E-state index in [9.17, 15) is 23.3 Å². The first-order valence-corrected chi connectivity index (χ1v) is 12.6. The average Bonchev–Trinajstić information content (AvgIpc) is 3.53. The van der Waals surface area contributed by atoms with Gasteiger partial charge in [-0.3, -0.25) is 14.2 Å². The summed E-state index contributed by atoms with van der Waals surface area (Å²) in [5.41, 5.74) is 1.20. The van der Waals surface area contributed by atoms with E-state index in [1.54, 1.807) is 32.2 Å². The Labute approximate surface area is 213 Å². The number of fused-ring (bicyclic) bond motifs is 1. The number of carbonyl (C=O) groups is 2. The van der Waals surface area contributed by atoms with Gasteiger partial charge in [0.25, 0.3) is 15.9 Å². The zero-order valence-corrected chi connectivity index (χ0v) is 21.3. The second-order valence-corrected chi connectivity index (χ2v) is 10.5. The zero-order valence-electron chi connectivity index (χ0n) is 20.5. The molecule has 0 atom stereocenters. The molecule has 0 aliphatic carbocycles. The van der Waals surface area contributed by atoms with E-state index in [2.05, 4.69) is 26.2 Å². The number of sulfonamides is 1. The molecule has 0 fully saturated rings. The van der Waals surface area contributed by atoms with Gasteiger partial charge < -0.3 is 15.0 Å². The van der Waals surface area contributed by atoms with Gasteiger partial charge in [-0.05, 0) is 56.7 Å². The van der Waals surface area contributed by atoms with Gasteiger partial charge in [0.1, 0.15) is 6.07 Å². The Morgan fingerprint density at radius 1 is 1.14 bits per heavy atom. The Morgan fingerprint density at radius 2 is 1.84 bits per heavy atom. The van der Waals surface area contributed by atoms with Crippen molar-refractivity contribution >= 4 is 44.3 Å². The van der Waals surface area contributed by atoms with Crippen molar-refractivity contribution in [1.29, 1.82) is 5.26 Å². The molecule has 37 heavy (non-hydrogen) atoms. The highest BCUT2D eigenvalue weighted by Gasteiger charge is 2.32. The third kappa shape index (κ3) is 4.76. The number of nitrogens with one attached hydrogen (secondary N) is 3. The number of hydrogen-bond acceptors (Lipinski definition) is 7. The van der Waals surface area contributed by atoms with Crippen LogP contribution < -0.4 is 10.0 Å². The molecule has 0 aliphatic heterocycles. The first kappa shape index (κ1) is 25.5. The molecule has 0 saturated heterocycles. The summed E-state index contributed by atoms with van der Waals surface area (Å²) in [5, 5.41) is 16.8. The smallest absolute Gasteiger partial charge is 0.333 e. The molecule has 0 spiro atoms. The number of nitrogens with zero attached hydrogens (tertiary/aromatic N) is 3. The van der Waals surface area contributed by atoms with Gasteiger partial charge in [-0.2, -0.15) is 10.4 Å². The molecule has 4 rings (SSSR count). The van der Waals surface area contributed by atoms with Crippen LogP contribution >= 0.6 is 0 Å². The van der Waals surface area contributed by atoms with E-state index >= 15 is 0 Å². The molecule has 4 aromatic rings. The van der Waals surface area contributed by atoms with Crippen LogP contribution in [0.4, 0.5) is 11.5 Å². The number of carbonyl (C=O) groups excluding carboxylic acids is 2. The van der Waals surface area contributed by atoms with E-state index in [1.165, 1.54) is 48.3 Å². The molecule has 2 aromatic carbocycles. The van der Waals surface area contributed by atoms with Crippen molar-refractivity contribution < 1.29 is 22.7 Å². The fourth-order valence-electron chi connectivity index (χ4n) is 3.82. The highest BCUT2D eigenvalue weighted by atomic mass is 32.2. The summed E-state index contributed by atoms with van der Waals surface area (Å²) in [6.07, 6.45) is 3.07. The van der Waals surface area contributed by atoms with Gasteiger partial charge in [0, 0.05) is 29.4 Å². The number of H-pyrrole nitrogens is 1. The molecule has 0 radical (unpaired) electrons. The number of anilines is 2. The SMILES string of the molecule is COC(=O)C(C)(C)n1ccc(NC(=O)c2ccc(S(=O)(=O)Nc3ccc(C)c4c(C#N)c[nH]c34)cc2)n1. The minimum absolute atomic E-state index is 0.0473. The molecular formula is C25H24N6O5S. The molecule has 12 heteroatoms. The van der Waals surface area contributed by atoms with Crippen LogP contribution in [0.3, 0.4) is 0 Å². The summed E-state index contributed by atoms with van der Waals surface area (Å²) in [6, 6.07) is 12.4. The quantitative estimate of drug-likeness (QED) is 0.314. The molecule has 2 aromatic heterocycles. The fourth-order valence-corrected chi connectivity index (χ4v) is 4.89. The number of aryl methyl sites for hydroxylation is 1. The van der Waals surface area contributed by atoms with Gasteiger partial charge in [-0.15, -0.1) is 0 Å². The van der Waals surface area contributed by atoms with E-state index in [1.807, 2.05) is 6.92 Å². The number of esters is 1. The Hall–Kier alpha value is -4.63. The van der Waals surface area contributed by atoms with Gasteiger partial charge in [-0.25, -0.2) is 13.2 Å². The van der Waals surface area contributed by atoms with Crippen LogP contribution in [0.5, 0.6) is 0 Å². The lowest BCUT2D eigenvalue weighted by Gasteiger charge is -2.21. The monoisotopic (exact) mass is 520 g/mol. The van der Waals surface area contributed by atoms with E-state index in [4.69, 9.17) is 4.74 Å². The topological polar surface area (TPSA) is 159 Å². The molecule has 1 amide bonds. The largest absolute Gasteiger partial charge is 0.467 e. The molecule has 0 saturated carbocycles. The van der Waals surface area contributed by atoms with Gasteiger partial charge in [0.2, 0.25) is 0 Å². The predicted molar refractivity (Wildman–Crippen MR) is 137 cm³/mol. The maximum atomic E-state index is 13.0. The zero-order chi connectivity index (χ0) is 27.0. The Kier molecular flexibility index (Phi) is 6.49. The van der Waals surface area contributed by atoms with Crippen LogP contribution in [-0.2, 0) is 25.1 Å². The van der Waals surface area contributed by atoms with Crippen molar-refractivity contribution in [1.82, 2.24) is 14.8 Å². The molecule has 0 bridgehead atoms. The molecule has 11 nitrogen and oxygen atoms in total. The number of amides is 1. The molecule has 3 N–H and O–H groups in total. The van der Waals surface area contributed by atoms with Crippen LogP contribution in [0, 0.1) is 18.3 Å². The molecule has 0 aliphatic rings. The minimum Gasteiger partial charge on any atom is -0.467 e. The summed E-state index contributed by atoms with van der Waals surface area (Å²) in [7, 11) is -2.70. The number of ether oxygens (including phenoxy) is 1. The van der Waals surface area contributed by atoms with Crippen molar-refractivity contribution in [2.75, 3.05) is 17.1 Å². The number of aromatic nitrogens is 3.